The Morgan fingerprint density at radius 1 is 1.10 bits per heavy atom. The molecule has 0 bridgehead atoms. The third kappa shape index (κ3) is 4.17. The number of carbonyl (C=O) groups is 1. The Morgan fingerprint density at radius 3 is 2.33 bits per heavy atom. The van der Waals surface area contributed by atoms with Crippen LogP contribution in [0.4, 0.5) is 20.2 Å². The van der Waals surface area contributed by atoms with Gasteiger partial charge in [-0.1, -0.05) is 6.07 Å². The van der Waals surface area contributed by atoms with Crippen molar-refractivity contribution in [2.24, 2.45) is 0 Å². The van der Waals surface area contributed by atoms with Gasteiger partial charge in [-0.05, 0) is 36.4 Å². The van der Waals surface area contributed by atoms with Crippen molar-refractivity contribution < 1.29 is 18.3 Å². The van der Waals surface area contributed by atoms with Gasteiger partial charge in [-0.25, -0.2) is 8.78 Å². The van der Waals surface area contributed by atoms with E-state index in [2.05, 4.69) is 5.32 Å². The number of halogens is 2. The van der Waals surface area contributed by atoms with E-state index in [-0.39, 0.29) is 18.9 Å². The van der Waals surface area contributed by atoms with Gasteiger partial charge in [0.15, 0.2) is 17.4 Å². The smallest absolute Gasteiger partial charge is 0.227 e. The quantitative estimate of drug-likeness (QED) is 0.833. The minimum absolute atomic E-state index is 0.0296. The van der Waals surface area contributed by atoms with E-state index in [4.69, 9.17) is 10.5 Å². The van der Waals surface area contributed by atoms with Crippen molar-refractivity contribution >= 4 is 17.3 Å². The summed E-state index contributed by atoms with van der Waals surface area (Å²) in [5.74, 6) is -2.39. The van der Waals surface area contributed by atoms with Gasteiger partial charge in [-0.15, -0.1) is 0 Å². The lowest BCUT2D eigenvalue weighted by atomic mass is 10.3. The van der Waals surface area contributed by atoms with Crippen LogP contribution in [0.5, 0.6) is 5.75 Å². The number of rotatable bonds is 5. The lowest BCUT2D eigenvalue weighted by molar-refractivity contribution is -0.116. The van der Waals surface area contributed by atoms with Crippen molar-refractivity contribution in [2.45, 2.75) is 6.42 Å². The molecular formula is C15H14F2N2O2. The number of benzene rings is 2. The molecule has 1 amide bonds. The highest BCUT2D eigenvalue weighted by atomic mass is 19.1. The molecule has 0 aliphatic rings. The largest absolute Gasteiger partial charge is 0.487 e. The molecule has 0 spiro atoms. The highest BCUT2D eigenvalue weighted by Crippen LogP contribution is 2.20. The number of hydrogen-bond acceptors (Lipinski definition) is 3. The van der Waals surface area contributed by atoms with Crippen LogP contribution in [-0.2, 0) is 4.79 Å². The van der Waals surface area contributed by atoms with Crippen LogP contribution in [0.25, 0.3) is 0 Å². The van der Waals surface area contributed by atoms with Crippen LogP contribution in [0.3, 0.4) is 0 Å². The number of ether oxygens (including phenoxy) is 1. The number of nitrogens with two attached hydrogens (primary N) is 1. The van der Waals surface area contributed by atoms with Crippen LogP contribution < -0.4 is 15.8 Å². The predicted molar refractivity (Wildman–Crippen MR) is 76.0 cm³/mol. The molecule has 0 aliphatic heterocycles. The summed E-state index contributed by atoms with van der Waals surface area (Å²) in [5.41, 5.74) is 6.71. The Balaban J connectivity index is 1.83. The molecule has 0 saturated carbocycles. The summed E-state index contributed by atoms with van der Waals surface area (Å²) in [5, 5.41) is 2.62. The number of anilines is 2. The first-order valence-electron chi connectivity index (χ1n) is 6.28. The Hall–Kier alpha value is -2.63. The van der Waals surface area contributed by atoms with Crippen molar-refractivity contribution in [1.82, 2.24) is 0 Å². The van der Waals surface area contributed by atoms with Crippen LogP contribution in [0.2, 0.25) is 0 Å². The monoisotopic (exact) mass is 292 g/mol. The Labute approximate surface area is 120 Å². The van der Waals surface area contributed by atoms with Crippen LogP contribution in [0.15, 0.2) is 42.5 Å². The fourth-order valence-corrected chi connectivity index (χ4v) is 1.66. The van der Waals surface area contributed by atoms with E-state index in [0.717, 1.165) is 12.1 Å². The van der Waals surface area contributed by atoms with E-state index in [9.17, 15) is 13.6 Å². The first kappa shape index (κ1) is 14.8. The topological polar surface area (TPSA) is 64.3 Å². The molecule has 6 heteroatoms. The average molecular weight is 292 g/mol. The van der Waals surface area contributed by atoms with E-state index in [1.54, 1.807) is 24.3 Å². The lowest BCUT2D eigenvalue weighted by Gasteiger charge is -2.08. The first-order valence-corrected chi connectivity index (χ1v) is 6.28. The molecule has 4 nitrogen and oxygen atoms in total. The van der Waals surface area contributed by atoms with Gasteiger partial charge in [0.05, 0.1) is 13.0 Å². The number of amides is 1. The number of nitrogens with one attached hydrogen (secondary N) is 1. The van der Waals surface area contributed by atoms with E-state index in [1.807, 2.05) is 0 Å². The predicted octanol–water partition coefficient (Wildman–Crippen LogP) is 2.95. The molecule has 0 saturated heterocycles. The van der Waals surface area contributed by atoms with Crippen molar-refractivity contribution in [3.05, 3.63) is 54.1 Å². The maximum absolute atomic E-state index is 13.3. The van der Waals surface area contributed by atoms with Gasteiger partial charge < -0.3 is 15.8 Å². The normalized spacial score (nSPS) is 10.2. The minimum atomic E-state index is -0.797. The fraction of sp³-hybridized carbons (Fsp3) is 0.133. The molecule has 110 valence electrons. The standard InChI is InChI=1S/C15H14F2N2O2/c16-12-2-1-3-13(17)15(12)21-9-8-14(20)19-11-6-4-10(18)5-7-11/h1-7H,8-9,18H2,(H,19,20). The summed E-state index contributed by atoms with van der Waals surface area (Å²) in [6, 6.07) is 10.0. The summed E-state index contributed by atoms with van der Waals surface area (Å²) in [6.07, 6.45) is -0.0296. The molecular weight excluding hydrogens is 278 g/mol. The molecule has 0 radical (unpaired) electrons. The molecule has 3 N–H and O–H groups in total. The molecule has 0 unspecified atom stereocenters. The Bertz CT molecular complexity index is 610. The van der Waals surface area contributed by atoms with Gasteiger partial charge in [0.2, 0.25) is 5.91 Å². The van der Waals surface area contributed by atoms with Crippen molar-refractivity contribution in [1.29, 1.82) is 0 Å². The third-order valence-electron chi connectivity index (χ3n) is 2.69. The number of nitrogen functional groups attached to an aromatic ring is 1. The van der Waals surface area contributed by atoms with Gasteiger partial charge in [-0.3, -0.25) is 4.79 Å². The summed E-state index contributed by atoms with van der Waals surface area (Å²) in [7, 11) is 0. The zero-order valence-corrected chi connectivity index (χ0v) is 11.1. The summed E-state index contributed by atoms with van der Waals surface area (Å²) in [4.78, 5) is 11.6. The van der Waals surface area contributed by atoms with Gasteiger partial charge in [0, 0.05) is 11.4 Å². The highest BCUT2D eigenvalue weighted by Gasteiger charge is 2.10. The molecule has 21 heavy (non-hydrogen) atoms. The zero-order valence-electron chi connectivity index (χ0n) is 11.1. The second-order valence-corrected chi connectivity index (χ2v) is 4.32. The minimum Gasteiger partial charge on any atom is -0.487 e. The van der Waals surface area contributed by atoms with Gasteiger partial charge in [-0.2, -0.15) is 0 Å². The van der Waals surface area contributed by atoms with Crippen LogP contribution >= 0.6 is 0 Å². The Kier molecular flexibility index (Phi) is 4.71. The highest BCUT2D eigenvalue weighted by molar-refractivity contribution is 5.90. The molecule has 0 aliphatic carbocycles. The summed E-state index contributed by atoms with van der Waals surface area (Å²) < 4.78 is 31.5. The lowest BCUT2D eigenvalue weighted by Crippen LogP contribution is -2.15. The van der Waals surface area contributed by atoms with Gasteiger partial charge in [0.25, 0.3) is 0 Å². The molecule has 0 heterocycles. The second kappa shape index (κ2) is 6.69. The van der Waals surface area contributed by atoms with E-state index < -0.39 is 17.4 Å². The van der Waals surface area contributed by atoms with Crippen molar-refractivity contribution in [3.63, 3.8) is 0 Å². The summed E-state index contributed by atoms with van der Waals surface area (Å²) in [6.45, 7) is -0.126. The first-order chi connectivity index (χ1) is 10.1. The Morgan fingerprint density at radius 2 is 1.71 bits per heavy atom. The van der Waals surface area contributed by atoms with Crippen LogP contribution in [-0.4, -0.2) is 12.5 Å². The van der Waals surface area contributed by atoms with Crippen LogP contribution in [0.1, 0.15) is 6.42 Å². The number of carbonyl (C=O) groups excluding carboxylic acids is 1. The third-order valence-corrected chi connectivity index (χ3v) is 2.69. The maximum Gasteiger partial charge on any atom is 0.227 e. The maximum atomic E-state index is 13.3. The number of para-hydroxylation sites is 1. The second-order valence-electron chi connectivity index (χ2n) is 4.32. The van der Waals surface area contributed by atoms with E-state index in [0.29, 0.717) is 11.4 Å². The van der Waals surface area contributed by atoms with E-state index in [1.165, 1.54) is 6.07 Å². The molecule has 2 aromatic carbocycles. The number of hydrogen-bond donors (Lipinski definition) is 2. The van der Waals surface area contributed by atoms with Crippen molar-refractivity contribution in [3.8, 4) is 5.75 Å². The SMILES string of the molecule is Nc1ccc(NC(=O)CCOc2c(F)cccc2F)cc1. The van der Waals surface area contributed by atoms with E-state index >= 15 is 0 Å². The van der Waals surface area contributed by atoms with Crippen molar-refractivity contribution in [2.75, 3.05) is 17.7 Å². The fourth-order valence-electron chi connectivity index (χ4n) is 1.66. The van der Waals surface area contributed by atoms with Gasteiger partial charge >= 0.3 is 0 Å². The van der Waals surface area contributed by atoms with Crippen LogP contribution in [0, 0.1) is 11.6 Å². The molecule has 2 aromatic rings. The average Bonchev–Trinajstić information content (AvgIpc) is 2.45. The molecule has 0 fully saturated rings. The molecule has 2 rings (SSSR count). The van der Waals surface area contributed by atoms with Gasteiger partial charge in [0.1, 0.15) is 0 Å². The molecule has 0 atom stereocenters. The zero-order chi connectivity index (χ0) is 15.2. The summed E-state index contributed by atoms with van der Waals surface area (Å²) >= 11 is 0. The molecule has 0 aromatic heterocycles.